The van der Waals surface area contributed by atoms with Gasteiger partial charge in [0.05, 0.1) is 13.2 Å². The number of ether oxygens (including phenoxy) is 1. The van der Waals surface area contributed by atoms with E-state index in [0.29, 0.717) is 5.82 Å². The molecule has 2 aromatic heterocycles. The van der Waals surface area contributed by atoms with E-state index < -0.39 is 10.0 Å². The average Bonchev–Trinajstić information content (AvgIpc) is 3.13. The molecule has 2 aromatic rings. The molecule has 3 rings (SSSR count). The van der Waals surface area contributed by atoms with Crippen molar-refractivity contribution in [2.45, 2.75) is 4.21 Å². The fourth-order valence-electron chi connectivity index (χ4n) is 2.25. The lowest BCUT2D eigenvalue weighted by Crippen LogP contribution is -2.39. The maximum absolute atomic E-state index is 12.1. The molecule has 1 aliphatic heterocycles. The Morgan fingerprint density at radius 2 is 1.92 bits per heavy atom. The van der Waals surface area contributed by atoms with Gasteiger partial charge in [0.1, 0.15) is 10.0 Å². The number of thiophene rings is 1. The fourth-order valence-corrected chi connectivity index (χ4v) is 4.24. The van der Waals surface area contributed by atoms with Crippen molar-refractivity contribution in [2.24, 2.45) is 0 Å². The summed E-state index contributed by atoms with van der Waals surface area (Å²) in [6, 6.07) is 6.53. The third-order valence-electron chi connectivity index (χ3n) is 3.50. The monoisotopic (exact) mass is 369 g/mol. The number of sulfonamides is 1. The minimum atomic E-state index is -3.59. The van der Waals surface area contributed by atoms with Crippen molar-refractivity contribution in [3.63, 3.8) is 0 Å². The molecule has 24 heavy (non-hydrogen) atoms. The Morgan fingerprint density at radius 3 is 2.58 bits per heavy atom. The first-order valence-corrected chi connectivity index (χ1v) is 9.94. The molecule has 1 saturated heterocycles. The van der Waals surface area contributed by atoms with Crippen LogP contribution in [0.2, 0.25) is 0 Å². The van der Waals surface area contributed by atoms with Gasteiger partial charge in [-0.2, -0.15) is 0 Å². The lowest BCUT2D eigenvalue weighted by Gasteiger charge is -2.26. The number of hydrogen-bond donors (Lipinski definition) is 2. The van der Waals surface area contributed by atoms with E-state index in [1.807, 2.05) is 0 Å². The van der Waals surface area contributed by atoms with Crippen LogP contribution in [0, 0.1) is 0 Å². The molecule has 0 unspecified atom stereocenters. The Morgan fingerprint density at radius 1 is 1.17 bits per heavy atom. The molecular weight excluding hydrogens is 350 g/mol. The molecule has 1 fully saturated rings. The van der Waals surface area contributed by atoms with Crippen molar-refractivity contribution in [2.75, 3.05) is 49.4 Å². The molecule has 0 atom stereocenters. The second-order valence-electron chi connectivity index (χ2n) is 5.22. The van der Waals surface area contributed by atoms with Gasteiger partial charge in [-0.05, 0) is 23.6 Å². The molecule has 0 radical (unpaired) electrons. The van der Waals surface area contributed by atoms with E-state index in [0.717, 1.165) is 50.7 Å². The van der Waals surface area contributed by atoms with E-state index in [9.17, 15) is 8.42 Å². The third kappa shape index (κ3) is 4.63. The zero-order chi connectivity index (χ0) is 16.8. The minimum absolute atomic E-state index is 0.196. The summed E-state index contributed by atoms with van der Waals surface area (Å²) in [5, 5.41) is 12.8. The van der Waals surface area contributed by atoms with Gasteiger partial charge in [-0.15, -0.1) is 21.5 Å². The summed E-state index contributed by atoms with van der Waals surface area (Å²) in [5.74, 6) is 0.810. The van der Waals surface area contributed by atoms with Crippen LogP contribution in [0.4, 0.5) is 11.6 Å². The highest BCUT2D eigenvalue weighted by molar-refractivity contribution is 7.94. The van der Waals surface area contributed by atoms with E-state index in [2.05, 4.69) is 25.1 Å². The highest BCUT2D eigenvalue weighted by atomic mass is 32.2. The van der Waals surface area contributed by atoms with Crippen molar-refractivity contribution in [3.8, 4) is 0 Å². The van der Waals surface area contributed by atoms with Crippen molar-refractivity contribution in [3.05, 3.63) is 29.6 Å². The molecule has 0 aliphatic carbocycles. The third-order valence-corrected chi connectivity index (χ3v) is 6.25. The van der Waals surface area contributed by atoms with Crippen LogP contribution < -0.4 is 10.0 Å². The van der Waals surface area contributed by atoms with Crippen LogP contribution in [0.5, 0.6) is 0 Å². The second kappa shape index (κ2) is 7.88. The largest absolute Gasteiger partial charge is 0.379 e. The quantitative estimate of drug-likeness (QED) is 0.754. The van der Waals surface area contributed by atoms with E-state index in [1.165, 1.54) is 0 Å². The summed E-state index contributed by atoms with van der Waals surface area (Å²) < 4.78 is 32.2. The van der Waals surface area contributed by atoms with Gasteiger partial charge in [0.2, 0.25) is 0 Å². The second-order valence-corrected chi connectivity index (χ2v) is 8.08. The number of hydrogen-bond acceptors (Lipinski definition) is 8. The molecule has 8 nitrogen and oxygen atoms in total. The normalized spacial score (nSPS) is 16.0. The highest BCUT2D eigenvalue weighted by Crippen LogP contribution is 2.19. The van der Waals surface area contributed by atoms with Gasteiger partial charge < -0.3 is 10.1 Å². The first-order valence-electron chi connectivity index (χ1n) is 7.57. The van der Waals surface area contributed by atoms with Crippen LogP contribution in [0.3, 0.4) is 0 Å². The summed E-state index contributed by atoms with van der Waals surface area (Å²) in [4.78, 5) is 2.31. The van der Waals surface area contributed by atoms with Crippen LogP contribution in [0.15, 0.2) is 33.9 Å². The standard InChI is InChI=1S/C14H19N5O3S2/c20-24(21,14-2-1-11-23-14)18-13-4-3-12(16-17-13)15-5-6-19-7-9-22-10-8-19/h1-4,11H,5-10H2,(H,15,16)(H,17,18). The Labute approximate surface area is 144 Å². The fraction of sp³-hybridized carbons (Fsp3) is 0.429. The lowest BCUT2D eigenvalue weighted by molar-refractivity contribution is 0.0398. The molecule has 130 valence electrons. The van der Waals surface area contributed by atoms with E-state index in [-0.39, 0.29) is 10.0 Å². The van der Waals surface area contributed by atoms with Crippen LogP contribution in [-0.4, -0.2) is 62.9 Å². The number of morpholine rings is 1. The number of anilines is 2. The van der Waals surface area contributed by atoms with Crippen LogP contribution >= 0.6 is 11.3 Å². The molecule has 0 amide bonds. The number of rotatable bonds is 7. The number of nitrogens with one attached hydrogen (secondary N) is 2. The summed E-state index contributed by atoms with van der Waals surface area (Å²) in [5.41, 5.74) is 0. The van der Waals surface area contributed by atoms with E-state index >= 15 is 0 Å². The maximum Gasteiger partial charge on any atom is 0.272 e. The topological polar surface area (TPSA) is 96.5 Å². The molecular formula is C14H19N5O3S2. The van der Waals surface area contributed by atoms with Crippen molar-refractivity contribution in [1.82, 2.24) is 15.1 Å². The van der Waals surface area contributed by atoms with Crippen LogP contribution in [0.1, 0.15) is 0 Å². The maximum atomic E-state index is 12.1. The van der Waals surface area contributed by atoms with Gasteiger partial charge in [0.15, 0.2) is 5.82 Å². The molecule has 0 spiro atoms. The van der Waals surface area contributed by atoms with Gasteiger partial charge in [-0.1, -0.05) is 6.07 Å². The first-order chi connectivity index (χ1) is 11.6. The zero-order valence-electron chi connectivity index (χ0n) is 13.0. The van der Waals surface area contributed by atoms with Crippen molar-refractivity contribution >= 4 is 33.0 Å². The predicted molar refractivity (Wildman–Crippen MR) is 92.9 cm³/mol. The molecule has 0 bridgehead atoms. The van der Waals surface area contributed by atoms with Crippen LogP contribution in [0.25, 0.3) is 0 Å². The summed E-state index contributed by atoms with van der Waals surface area (Å²) in [6.07, 6.45) is 0. The molecule has 0 saturated carbocycles. The zero-order valence-corrected chi connectivity index (χ0v) is 14.6. The Balaban J connectivity index is 1.50. The average molecular weight is 369 g/mol. The van der Waals surface area contributed by atoms with Crippen LogP contribution in [-0.2, 0) is 14.8 Å². The van der Waals surface area contributed by atoms with Gasteiger partial charge >= 0.3 is 0 Å². The molecule has 10 heteroatoms. The predicted octanol–water partition coefficient (Wildman–Crippen LogP) is 1.08. The Hall–Kier alpha value is -1.75. The molecule has 3 heterocycles. The first kappa shape index (κ1) is 17.1. The smallest absolute Gasteiger partial charge is 0.272 e. The SMILES string of the molecule is O=S(=O)(Nc1ccc(NCCN2CCOCC2)nn1)c1cccs1. The number of aromatic nitrogens is 2. The van der Waals surface area contributed by atoms with Gasteiger partial charge in [0, 0.05) is 26.2 Å². The van der Waals surface area contributed by atoms with E-state index in [1.54, 1.807) is 29.6 Å². The van der Waals surface area contributed by atoms with E-state index in [4.69, 9.17) is 4.74 Å². The summed E-state index contributed by atoms with van der Waals surface area (Å²) >= 11 is 1.15. The molecule has 0 aromatic carbocycles. The Bertz CT molecular complexity index is 728. The number of nitrogens with zero attached hydrogens (tertiary/aromatic N) is 3. The Kier molecular flexibility index (Phi) is 5.61. The summed E-state index contributed by atoms with van der Waals surface area (Å²) in [6.45, 7) is 5.08. The van der Waals surface area contributed by atoms with Crippen molar-refractivity contribution in [1.29, 1.82) is 0 Å². The molecule has 2 N–H and O–H groups in total. The lowest BCUT2D eigenvalue weighted by atomic mass is 10.4. The molecule has 1 aliphatic rings. The van der Waals surface area contributed by atoms with Gasteiger partial charge in [-0.3, -0.25) is 9.62 Å². The van der Waals surface area contributed by atoms with Gasteiger partial charge in [-0.25, -0.2) is 8.42 Å². The highest BCUT2D eigenvalue weighted by Gasteiger charge is 2.16. The van der Waals surface area contributed by atoms with Crippen molar-refractivity contribution < 1.29 is 13.2 Å². The minimum Gasteiger partial charge on any atom is -0.379 e. The summed E-state index contributed by atoms with van der Waals surface area (Å²) in [7, 11) is -3.59. The van der Waals surface area contributed by atoms with Gasteiger partial charge in [0.25, 0.3) is 10.0 Å².